The molecule has 72 valence electrons. The van der Waals surface area contributed by atoms with Crippen LogP contribution in [0.25, 0.3) is 6.08 Å². The van der Waals surface area contributed by atoms with Crippen molar-refractivity contribution in [2.24, 2.45) is 0 Å². The van der Waals surface area contributed by atoms with E-state index < -0.39 is 0 Å². The quantitative estimate of drug-likeness (QED) is 0.743. The van der Waals surface area contributed by atoms with E-state index in [2.05, 4.69) is 47.1 Å². The van der Waals surface area contributed by atoms with Gasteiger partial charge in [0.1, 0.15) is 0 Å². The standard InChI is InChI=1S/C10H15BrN2/c1-3-9(6-11)5-10-7-12-13(4-2)8-10/h5,7-8H,3-4,6H2,1-2H3. The van der Waals surface area contributed by atoms with Gasteiger partial charge in [-0.05, 0) is 13.3 Å². The van der Waals surface area contributed by atoms with Crippen LogP contribution in [0.5, 0.6) is 0 Å². The second kappa shape index (κ2) is 5.22. The molecule has 13 heavy (non-hydrogen) atoms. The molecule has 2 nitrogen and oxygen atoms in total. The number of rotatable bonds is 4. The van der Waals surface area contributed by atoms with Crippen LogP contribution in [0.2, 0.25) is 0 Å². The minimum Gasteiger partial charge on any atom is -0.272 e. The second-order valence-corrected chi connectivity index (χ2v) is 3.48. The number of allylic oxidation sites excluding steroid dienone is 1. The number of aromatic nitrogens is 2. The van der Waals surface area contributed by atoms with Gasteiger partial charge in [0.05, 0.1) is 6.20 Å². The van der Waals surface area contributed by atoms with Crippen molar-refractivity contribution < 1.29 is 0 Å². The molecular weight excluding hydrogens is 228 g/mol. The number of nitrogens with zero attached hydrogens (tertiary/aromatic N) is 2. The van der Waals surface area contributed by atoms with Crippen LogP contribution in [0.15, 0.2) is 18.0 Å². The third-order valence-electron chi connectivity index (χ3n) is 1.97. The summed E-state index contributed by atoms with van der Waals surface area (Å²) in [7, 11) is 0. The lowest BCUT2D eigenvalue weighted by Crippen LogP contribution is -1.91. The zero-order valence-electron chi connectivity index (χ0n) is 8.13. The van der Waals surface area contributed by atoms with E-state index in [0.717, 1.165) is 18.3 Å². The molecule has 3 heteroatoms. The lowest BCUT2D eigenvalue weighted by Gasteiger charge is -1.96. The van der Waals surface area contributed by atoms with Crippen molar-refractivity contribution in [3.63, 3.8) is 0 Å². The van der Waals surface area contributed by atoms with Crippen LogP contribution in [0.1, 0.15) is 25.8 Å². The highest BCUT2D eigenvalue weighted by molar-refractivity contribution is 9.09. The van der Waals surface area contributed by atoms with Crippen molar-refractivity contribution in [1.82, 2.24) is 9.78 Å². The van der Waals surface area contributed by atoms with Crippen molar-refractivity contribution in [2.75, 3.05) is 5.33 Å². The van der Waals surface area contributed by atoms with Gasteiger partial charge in [-0.1, -0.05) is 34.5 Å². The number of halogens is 1. The summed E-state index contributed by atoms with van der Waals surface area (Å²) in [6, 6.07) is 0. The monoisotopic (exact) mass is 242 g/mol. The van der Waals surface area contributed by atoms with Crippen LogP contribution in [0.4, 0.5) is 0 Å². The van der Waals surface area contributed by atoms with Gasteiger partial charge in [-0.3, -0.25) is 4.68 Å². The predicted octanol–water partition coefficient (Wildman–Crippen LogP) is 3.09. The Labute approximate surface area is 87.8 Å². The van der Waals surface area contributed by atoms with Gasteiger partial charge < -0.3 is 0 Å². The molecule has 0 spiro atoms. The molecule has 0 radical (unpaired) electrons. The van der Waals surface area contributed by atoms with E-state index in [0.29, 0.717) is 0 Å². The van der Waals surface area contributed by atoms with Gasteiger partial charge in [0.25, 0.3) is 0 Å². The highest BCUT2D eigenvalue weighted by Crippen LogP contribution is 2.11. The topological polar surface area (TPSA) is 17.8 Å². The minimum atomic E-state index is 0.934. The van der Waals surface area contributed by atoms with Gasteiger partial charge in [-0.25, -0.2) is 0 Å². The van der Waals surface area contributed by atoms with Gasteiger partial charge in [-0.2, -0.15) is 5.10 Å². The lowest BCUT2D eigenvalue weighted by molar-refractivity contribution is 0.660. The summed E-state index contributed by atoms with van der Waals surface area (Å²) >= 11 is 3.46. The molecule has 0 saturated heterocycles. The van der Waals surface area contributed by atoms with E-state index >= 15 is 0 Å². The van der Waals surface area contributed by atoms with Gasteiger partial charge in [0, 0.05) is 23.6 Å². The van der Waals surface area contributed by atoms with Crippen LogP contribution >= 0.6 is 15.9 Å². The van der Waals surface area contributed by atoms with Crippen molar-refractivity contribution >= 4 is 22.0 Å². The van der Waals surface area contributed by atoms with Crippen LogP contribution < -0.4 is 0 Å². The van der Waals surface area contributed by atoms with Crippen molar-refractivity contribution in [1.29, 1.82) is 0 Å². The Morgan fingerprint density at radius 1 is 1.62 bits per heavy atom. The summed E-state index contributed by atoms with van der Waals surface area (Å²) < 4.78 is 1.94. The molecule has 1 rings (SSSR count). The van der Waals surface area contributed by atoms with Crippen molar-refractivity contribution in [3.8, 4) is 0 Å². The maximum absolute atomic E-state index is 4.21. The summed E-state index contributed by atoms with van der Waals surface area (Å²) in [6.07, 6.45) is 7.25. The Morgan fingerprint density at radius 2 is 2.38 bits per heavy atom. The third kappa shape index (κ3) is 2.99. The summed E-state index contributed by atoms with van der Waals surface area (Å²) in [6.45, 7) is 5.19. The third-order valence-corrected chi connectivity index (χ3v) is 2.69. The number of alkyl halides is 1. The second-order valence-electron chi connectivity index (χ2n) is 2.92. The number of aryl methyl sites for hydroxylation is 1. The van der Waals surface area contributed by atoms with Gasteiger partial charge in [0.15, 0.2) is 0 Å². The Morgan fingerprint density at radius 3 is 2.85 bits per heavy atom. The van der Waals surface area contributed by atoms with E-state index in [1.165, 1.54) is 11.1 Å². The largest absolute Gasteiger partial charge is 0.272 e. The van der Waals surface area contributed by atoms with E-state index in [4.69, 9.17) is 0 Å². The molecule has 1 heterocycles. The smallest absolute Gasteiger partial charge is 0.0562 e. The molecule has 0 aromatic carbocycles. The Hall–Kier alpha value is -0.570. The first-order chi connectivity index (χ1) is 6.30. The Bertz CT molecular complexity index is 283. The van der Waals surface area contributed by atoms with E-state index in [-0.39, 0.29) is 0 Å². The molecule has 0 unspecified atom stereocenters. The molecule has 0 aliphatic heterocycles. The molecule has 0 amide bonds. The first kappa shape index (κ1) is 10.5. The van der Waals surface area contributed by atoms with Crippen LogP contribution in [0, 0.1) is 0 Å². The molecule has 0 fully saturated rings. The molecule has 0 atom stereocenters. The molecular formula is C10H15BrN2. The molecule has 0 saturated carbocycles. The summed E-state index contributed by atoms with van der Waals surface area (Å²) in [5.41, 5.74) is 2.59. The summed E-state index contributed by atoms with van der Waals surface area (Å²) in [5, 5.41) is 5.16. The van der Waals surface area contributed by atoms with E-state index in [9.17, 15) is 0 Å². The summed E-state index contributed by atoms with van der Waals surface area (Å²) in [5.74, 6) is 0. The minimum absolute atomic E-state index is 0.934. The van der Waals surface area contributed by atoms with Crippen LogP contribution in [-0.4, -0.2) is 15.1 Å². The lowest BCUT2D eigenvalue weighted by atomic mass is 10.2. The molecule has 0 aliphatic rings. The van der Waals surface area contributed by atoms with E-state index in [1.807, 2.05) is 10.9 Å². The molecule has 1 aromatic rings. The van der Waals surface area contributed by atoms with Crippen molar-refractivity contribution in [3.05, 3.63) is 23.5 Å². The number of hydrogen-bond acceptors (Lipinski definition) is 1. The first-order valence-corrected chi connectivity index (χ1v) is 5.70. The number of hydrogen-bond donors (Lipinski definition) is 0. The average Bonchev–Trinajstić information content (AvgIpc) is 2.61. The highest BCUT2D eigenvalue weighted by Gasteiger charge is 1.95. The van der Waals surface area contributed by atoms with E-state index in [1.54, 1.807) is 0 Å². The Balaban J connectivity index is 2.77. The SMILES string of the molecule is CCC(=Cc1cnn(CC)c1)CBr. The van der Waals surface area contributed by atoms with Gasteiger partial charge in [-0.15, -0.1) is 0 Å². The predicted molar refractivity (Wildman–Crippen MR) is 60.0 cm³/mol. The maximum Gasteiger partial charge on any atom is 0.0562 e. The van der Waals surface area contributed by atoms with Gasteiger partial charge in [0.2, 0.25) is 0 Å². The fourth-order valence-electron chi connectivity index (χ4n) is 1.10. The normalized spacial score (nSPS) is 12.1. The molecule has 0 aliphatic carbocycles. The zero-order chi connectivity index (χ0) is 9.68. The molecule has 0 N–H and O–H groups in total. The summed E-state index contributed by atoms with van der Waals surface area (Å²) in [4.78, 5) is 0. The van der Waals surface area contributed by atoms with Crippen LogP contribution in [-0.2, 0) is 6.54 Å². The maximum atomic E-state index is 4.21. The Kier molecular flexibility index (Phi) is 4.22. The average molecular weight is 243 g/mol. The zero-order valence-corrected chi connectivity index (χ0v) is 9.71. The molecule has 1 aromatic heterocycles. The fraction of sp³-hybridized carbons (Fsp3) is 0.500. The van der Waals surface area contributed by atoms with Gasteiger partial charge >= 0.3 is 0 Å². The highest BCUT2D eigenvalue weighted by atomic mass is 79.9. The fourth-order valence-corrected chi connectivity index (χ4v) is 1.66. The molecule has 0 bridgehead atoms. The van der Waals surface area contributed by atoms with Crippen LogP contribution in [0.3, 0.4) is 0 Å². The van der Waals surface area contributed by atoms with Crippen molar-refractivity contribution in [2.45, 2.75) is 26.8 Å². The first-order valence-electron chi connectivity index (χ1n) is 4.58.